The fraction of sp³-hybridized carbons (Fsp3) is 0.559. The van der Waals surface area contributed by atoms with Crippen LogP contribution in [0.1, 0.15) is 74.2 Å². The van der Waals surface area contributed by atoms with Crippen LogP contribution >= 0.6 is 12.4 Å². The lowest BCUT2D eigenvalue weighted by atomic mass is 9.80. The number of halogens is 1. The predicted octanol–water partition coefficient (Wildman–Crippen LogP) is 4.28. The van der Waals surface area contributed by atoms with Gasteiger partial charge in [-0.2, -0.15) is 0 Å². The Bertz CT molecular complexity index is 1320. The standard InChI is InChI=1S/C34H46N4O6.ClH/c1-4-5-18-38-32(41)29(30(39)24-8-6-7-9-24)36-33(42)34(38)16-19-37(20-17-34)22-23-10-13-26(14-11-23)44-27-15-12-25(31(40)35-2)21-28(27)43-3;/h10-15,21,24,29-30,39H,4-9,16-20,22H2,1-3H3,(H,35,40)(H,36,42);1H/t29-,30-;/m1./s1. The first-order chi connectivity index (χ1) is 21.3. The monoisotopic (exact) mass is 642 g/mol. The minimum absolute atomic E-state index is 0. The Morgan fingerprint density at radius 3 is 2.40 bits per heavy atom. The molecule has 45 heavy (non-hydrogen) atoms. The molecule has 1 saturated carbocycles. The molecule has 2 aromatic rings. The quantitative estimate of drug-likeness (QED) is 0.335. The van der Waals surface area contributed by atoms with Crippen LogP contribution in [0.4, 0.5) is 0 Å². The molecule has 2 aliphatic heterocycles. The van der Waals surface area contributed by atoms with Crippen molar-refractivity contribution < 1.29 is 29.0 Å². The fourth-order valence-electron chi connectivity index (χ4n) is 6.95. The average Bonchev–Trinajstić information content (AvgIpc) is 3.59. The summed E-state index contributed by atoms with van der Waals surface area (Å²) >= 11 is 0. The van der Waals surface area contributed by atoms with Crippen LogP contribution in [0.25, 0.3) is 0 Å². The van der Waals surface area contributed by atoms with E-state index < -0.39 is 17.7 Å². The summed E-state index contributed by atoms with van der Waals surface area (Å²) in [4.78, 5) is 43.6. The molecule has 1 aliphatic carbocycles. The molecule has 3 fully saturated rings. The maximum absolute atomic E-state index is 13.8. The highest BCUT2D eigenvalue weighted by molar-refractivity contribution is 6.00. The van der Waals surface area contributed by atoms with Gasteiger partial charge in [0, 0.05) is 38.8 Å². The zero-order valence-electron chi connectivity index (χ0n) is 26.5. The molecule has 3 N–H and O–H groups in total. The van der Waals surface area contributed by atoms with E-state index in [2.05, 4.69) is 22.5 Å². The van der Waals surface area contributed by atoms with Gasteiger partial charge in [-0.3, -0.25) is 19.3 Å². The second kappa shape index (κ2) is 15.3. The molecule has 2 heterocycles. The molecule has 0 aromatic heterocycles. The minimum atomic E-state index is -0.862. The van der Waals surface area contributed by atoms with Gasteiger partial charge in [0.25, 0.3) is 5.91 Å². The molecule has 3 aliphatic rings. The first kappa shape index (κ1) is 34.5. The van der Waals surface area contributed by atoms with E-state index in [9.17, 15) is 19.5 Å². The number of hydrogen-bond acceptors (Lipinski definition) is 7. The van der Waals surface area contributed by atoms with Gasteiger partial charge in [0.2, 0.25) is 11.8 Å². The van der Waals surface area contributed by atoms with Gasteiger partial charge in [0.05, 0.1) is 13.2 Å². The Labute approximate surface area is 272 Å². The number of ether oxygens (including phenoxy) is 2. The SMILES string of the molecule is CCCCN1C(=O)[C@@H]([C@H](O)C2CCCC2)NC(=O)C12CCN(Cc1ccc(Oc3ccc(C(=O)NC)cc3OC)cc1)CC2.Cl. The van der Waals surface area contributed by atoms with Gasteiger partial charge >= 0.3 is 0 Å². The Morgan fingerprint density at radius 1 is 1.09 bits per heavy atom. The van der Waals surface area contributed by atoms with E-state index in [4.69, 9.17) is 9.47 Å². The van der Waals surface area contributed by atoms with Crippen molar-refractivity contribution in [2.24, 2.45) is 5.92 Å². The average molecular weight is 643 g/mol. The fourth-order valence-corrected chi connectivity index (χ4v) is 6.95. The number of aliphatic hydroxyl groups is 1. The van der Waals surface area contributed by atoms with Gasteiger partial charge in [0.1, 0.15) is 17.3 Å². The summed E-state index contributed by atoms with van der Waals surface area (Å²) in [6, 6.07) is 12.1. The van der Waals surface area contributed by atoms with Gasteiger partial charge < -0.3 is 30.1 Å². The molecule has 0 radical (unpaired) electrons. The van der Waals surface area contributed by atoms with Gasteiger partial charge in [-0.05, 0) is 73.9 Å². The number of unbranched alkanes of at least 4 members (excludes halogenated alkanes) is 1. The smallest absolute Gasteiger partial charge is 0.251 e. The van der Waals surface area contributed by atoms with Crippen molar-refractivity contribution in [2.75, 3.05) is 33.8 Å². The summed E-state index contributed by atoms with van der Waals surface area (Å²) in [6.07, 6.45) is 5.99. The Hall–Kier alpha value is -3.34. The Balaban J connectivity index is 0.00000461. The van der Waals surface area contributed by atoms with Gasteiger partial charge in [0.15, 0.2) is 11.5 Å². The van der Waals surface area contributed by atoms with Crippen LogP contribution in [0.3, 0.4) is 0 Å². The van der Waals surface area contributed by atoms with Crippen molar-refractivity contribution in [3.05, 3.63) is 53.6 Å². The zero-order valence-corrected chi connectivity index (χ0v) is 27.4. The van der Waals surface area contributed by atoms with E-state index in [-0.39, 0.29) is 36.0 Å². The zero-order chi connectivity index (χ0) is 31.3. The van der Waals surface area contributed by atoms with E-state index in [1.807, 2.05) is 29.2 Å². The van der Waals surface area contributed by atoms with Crippen LogP contribution in [0.5, 0.6) is 17.2 Å². The molecule has 3 amide bonds. The summed E-state index contributed by atoms with van der Waals surface area (Å²) < 4.78 is 11.5. The van der Waals surface area contributed by atoms with Crippen LogP contribution in [0.2, 0.25) is 0 Å². The Kier molecular flexibility index (Phi) is 11.7. The van der Waals surface area contributed by atoms with Crippen molar-refractivity contribution in [1.82, 2.24) is 20.4 Å². The highest BCUT2D eigenvalue weighted by Crippen LogP contribution is 2.37. The van der Waals surface area contributed by atoms with Gasteiger partial charge in [-0.1, -0.05) is 38.3 Å². The van der Waals surface area contributed by atoms with Crippen LogP contribution in [-0.2, 0) is 16.1 Å². The number of nitrogens with one attached hydrogen (secondary N) is 2. The predicted molar refractivity (Wildman–Crippen MR) is 174 cm³/mol. The lowest BCUT2D eigenvalue weighted by Crippen LogP contribution is -2.75. The number of piperidine rings is 1. The number of carbonyl (C=O) groups is 3. The maximum Gasteiger partial charge on any atom is 0.251 e. The minimum Gasteiger partial charge on any atom is -0.493 e. The molecule has 10 nitrogen and oxygen atoms in total. The first-order valence-corrected chi connectivity index (χ1v) is 16.0. The topological polar surface area (TPSA) is 120 Å². The summed E-state index contributed by atoms with van der Waals surface area (Å²) in [6.45, 7) is 4.72. The van der Waals surface area contributed by atoms with E-state index in [1.54, 1.807) is 25.2 Å². The maximum atomic E-state index is 13.8. The largest absolute Gasteiger partial charge is 0.493 e. The third-order valence-corrected chi connectivity index (χ3v) is 9.61. The number of nitrogens with zero attached hydrogens (tertiary/aromatic N) is 2. The van der Waals surface area contributed by atoms with Crippen LogP contribution < -0.4 is 20.1 Å². The normalized spacial score (nSPS) is 20.8. The van der Waals surface area contributed by atoms with E-state index in [0.29, 0.717) is 61.8 Å². The molecule has 0 bridgehead atoms. The Morgan fingerprint density at radius 2 is 1.78 bits per heavy atom. The van der Waals surface area contributed by atoms with Crippen LogP contribution in [-0.4, -0.2) is 84.1 Å². The molecule has 2 aromatic carbocycles. The number of rotatable bonds is 11. The second-order valence-electron chi connectivity index (χ2n) is 12.3. The molecule has 2 saturated heterocycles. The number of hydrogen-bond donors (Lipinski definition) is 3. The summed E-state index contributed by atoms with van der Waals surface area (Å²) in [5, 5.41) is 16.6. The van der Waals surface area contributed by atoms with Crippen molar-refractivity contribution in [1.29, 1.82) is 0 Å². The second-order valence-corrected chi connectivity index (χ2v) is 12.3. The summed E-state index contributed by atoms with van der Waals surface area (Å²) in [5.74, 6) is 1.26. The molecule has 246 valence electrons. The third kappa shape index (κ3) is 7.39. The van der Waals surface area contributed by atoms with Crippen LogP contribution in [0, 0.1) is 5.92 Å². The lowest BCUT2D eigenvalue weighted by molar-refractivity contribution is -0.165. The number of amides is 3. The number of aliphatic hydroxyl groups excluding tert-OH is 1. The summed E-state index contributed by atoms with van der Waals surface area (Å²) in [7, 11) is 3.12. The number of carbonyl (C=O) groups excluding carboxylic acids is 3. The first-order valence-electron chi connectivity index (χ1n) is 16.0. The molecule has 2 atom stereocenters. The summed E-state index contributed by atoms with van der Waals surface area (Å²) in [5.41, 5.74) is 0.737. The van der Waals surface area contributed by atoms with Crippen molar-refractivity contribution in [3.63, 3.8) is 0 Å². The number of benzene rings is 2. The number of likely N-dealkylation sites (tertiary alicyclic amines) is 1. The molecule has 5 rings (SSSR count). The molecular formula is C34H47ClN4O6. The number of methoxy groups -OCH3 is 1. The molecule has 1 spiro atoms. The van der Waals surface area contributed by atoms with Crippen molar-refractivity contribution in [2.45, 2.75) is 82.5 Å². The highest BCUT2D eigenvalue weighted by atomic mass is 35.5. The molecule has 11 heteroatoms. The lowest BCUT2D eigenvalue weighted by Gasteiger charge is -2.52. The van der Waals surface area contributed by atoms with E-state index in [1.165, 1.54) is 7.11 Å². The van der Waals surface area contributed by atoms with Crippen LogP contribution in [0.15, 0.2) is 42.5 Å². The third-order valence-electron chi connectivity index (χ3n) is 9.61. The van der Waals surface area contributed by atoms with E-state index >= 15 is 0 Å². The van der Waals surface area contributed by atoms with Crippen molar-refractivity contribution in [3.8, 4) is 17.2 Å². The molecular weight excluding hydrogens is 596 g/mol. The highest BCUT2D eigenvalue weighted by Gasteiger charge is 2.55. The van der Waals surface area contributed by atoms with E-state index in [0.717, 1.165) is 44.1 Å². The molecule has 0 unspecified atom stereocenters. The number of piperazine rings is 1. The van der Waals surface area contributed by atoms with Gasteiger partial charge in [-0.25, -0.2) is 0 Å². The van der Waals surface area contributed by atoms with Crippen molar-refractivity contribution >= 4 is 30.1 Å². The van der Waals surface area contributed by atoms with Gasteiger partial charge in [-0.15, -0.1) is 12.4 Å².